The fourth-order valence-electron chi connectivity index (χ4n) is 1.23. The van der Waals surface area contributed by atoms with Crippen LogP contribution in [0, 0.1) is 0 Å². The predicted molar refractivity (Wildman–Crippen MR) is 46.8 cm³/mol. The van der Waals surface area contributed by atoms with Crippen molar-refractivity contribution in [2.45, 2.75) is 25.3 Å². The van der Waals surface area contributed by atoms with Crippen molar-refractivity contribution in [3.63, 3.8) is 0 Å². The van der Waals surface area contributed by atoms with Crippen molar-refractivity contribution < 1.29 is 9.90 Å². The third kappa shape index (κ3) is 1.83. The second kappa shape index (κ2) is 3.03. The molecule has 1 aliphatic rings. The highest BCUT2D eigenvalue weighted by Gasteiger charge is 2.27. The van der Waals surface area contributed by atoms with Crippen LogP contribution < -0.4 is 0 Å². The van der Waals surface area contributed by atoms with E-state index in [0.29, 0.717) is 11.1 Å². The molecule has 1 aromatic heterocycles. The van der Waals surface area contributed by atoms with E-state index < -0.39 is 5.97 Å². The normalized spacial score (nSPS) is 16.1. The third-order valence-electron chi connectivity index (χ3n) is 2.03. The number of hydrogen-bond donors (Lipinski definition) is 1. The van der Waals surface area contributed by atoms with E-state index in [-0.39, 0.29) is 6.54 Å². The van der Waals surface area contributed by atoms with Crippen LogP contribution in [-0.2, 0) is 11.3 Å². The minimum atomic E-state index is -0.924. The van der Waals surface area contributed by atoms with Gasteiger partial charge >= 0.3 is 5.97 Å². The molecule has 5 heteroatoms. The molecule has 0 spiro atoms. The molecule has 0 radical (unpaired) electrons. The first kappa shape index (κ1) is 8.56. The molecule has 1 N–H and O–H groups in total. The third-order valence-corrected chi connectivity index (χ3v) is 2.33. The molecule has 0 saturated heterocycles. The highest BCUT2D eigenvalue weighted by molar-refractivity contribution is 6.29. The molecule has 1 fully saturated rings. The van der Waals surface area contributed by atoms with E-state index >= 15 is 0 Å². The summed E-state index contributed by atoms with van der Waals surface area (Å²) < 4.78 is 1.32. The highest BCUT2D eigenvalue weighted by atomic mass is 35.5. The topological polar surface area (TPSA) is 55.1 Å². The zero-order valence-electron chi connectivity index (χ0n) is 6.90. The summed E-state index contributed by atoms with van der Waals surface area (Å²) in [5, 5.41) is 13.1. The number of carboxylic acids is 1. The Labute approximate surface area is 80.1 Å². The zero-order valence-corrected chi connectivity index (χ0v) is 7.66. The fraction of sp³-hybridized carbons (Fsp3) is 0.500. The molecule has 0 atom stereocenters. The molecular formula is C8H9ClN2O2. The Hall–Kier alpha value is -1.03. The number of carboxylic acid groups (broad SMARTS) is 1. The van der Waals surface area contributed by atoms with Crippen molar-refractivity contribution in [1.82, 2.24) is 9.78 Å². The number of carbonyl (C=O) groups is 1. The van der Waals surface area contributed by atoms with Crippen LogP contribution >= 0.6 is 11.6 Å². The van der Waals surface area contributed by atoms with E-state index in [1.165, 1.54) is 4.68 Å². The van der Waals surface area contributed by atoms with Crippen molar-refractivity contribution in [2.75, 3.05) is 0 Å². The first-order valence-electron chi connectivity index (χ1n) is 4.12. The maximum absolute atomic E-state index is 10.4. The van der Waals surface area contributed by atoms with Crippen LogP contribution in [0.2, 0.25) is 5.15 Å². The molecule has 4 nitrogen and oxygen atoms in total. The van der Waals surface area contributed by atoms with Gasteiger partial charge in [-0.25, -0.2) is 4.68 Å². The minimum absolute atomic E-state index is 0.161. The predicted octanol–water partition coefficient (Wildman–Crippen LogP) is 1.50. The minimum Gasteiger partial charge on any atom is -0.480 e. The molecule has 70 valence electrons. The molecule has 1 aliphatic carbocycles. The number of halogens is 1. The Morgan fingerprint density at radius 3 is 3.00 bits per heavy atom. The molecule has 0 aliphatic heterocycles. The number of aromatic nitrogens is 2. The van der Waals surface area contributed by atoms with Gasteiger partial charge in [-0.05, 0) is 18.9 Å². The van der Waals surface area contributed by atoms with Crippen LogP contribution in [0.4, 0.5) is 0 Å². The monoisotopic (exact) mass is 200 g/mol. The van der Waals surface area contributed by atoms with Crippen molar-refractivity contribution in [3.05, 3.63) is 16.9 Å². The second-order valence-corrected chi connectivity index (χ2v) is 3.60. The van der Waals surface area contributed by atoms with Gasteiger partial charge in [0.1, 0.15) is 11.7 Å². The van der Waals surface area contributed by atoms with Crippen molar-refractivity contribution in [3.8, 4) is 0 Å². The number of hydrogen-bond acceptors (Lipinski definition) is 2. The Kier molecular flexibility index (Phi) is 2.00. The molecule has 1 heterocycles. The van der Waals surface area contributed by atoms with Gasteiger partial charge in [0.15, 0.2) is 0 Å². The molecule has 13 heavy (non-hydrogen) atoms. The first-order valence-corrected chi connectivity index (χ1v) is 4.49. The summed E-state index contributed by atoms with van der Waals surface area (Å²) in [5.74, 6) is -0.417. The van der Waals surface area contributed by atoms with Crippen LogP contribution in [-0.4, -0.2) is 20.9 Å². The molecule has 0 aromatic carbocycles. The number of nitrogens with zero attached hydrogens (tertiary/aromatic N) is 2. The van der Waals surface area contributed by atoms with Crippen molar-refractivity contribution in [1.29, 1.82) is 0 Å². The highest BCUT2D eigenvalue weighted by Crippen LogP contribution is 2.39. The largest absolute Gasteiger partial charge is 0.480 e. The van der Waals surface area contributed by atoms with E-state index in [0.717, 1.165) is 18.5 Å². The van der Waals surface area contributed by atoms with E-state index in [1.807, 2.05) is 0 Å². The zero-order chi connectivity index (χ0) is 9.42. The molecule has 0 unspecified atom stereocenters. The summed E-state index contributed by atoms with van der Waals surface area (Å²) in [7, 11) is 0. The van der Waals surface area contributed by atoms with Gasteiger partial charge in [-0.1, -0.05) is 11.6 Å². The smallest absolute Gasteiger partial charge is 0.325 e. The summed E-state index contributed by atoms with van der Waals surface area (Å²) in [4.78, 5) is 10.4. The lowest BCUT2D eigenvalue weighted by molar-refractivity contribution is -0.137. The molecule has 0 amide bonds. The SMILES string of the molecule is O=C(O)Cn1nc(C2CC2)cc1Cl. The molecular weight excluding hydrogens is 192 g/mol. The Morgan fingerprint density at radius 2 is 2.46 bits per heavy atom. The average molecular weight is 201 g/mol. The van der Waals surface area contributed by atoms with E-state index in [1.54, 1.807) is 6.07 Å². The van der Waals surface area contributed by atoms with Gasteiger partial charge in [0.2, 0.25) is 0 Å². The summed E-state index contributed by atoms with van der Waals surface area (Å²) in [6, 6.07) is 1.75. The van der Waals surface area contributed by atoms with Crippen molar-refractivity contribution >= 4 is 17.6 Å². The van der Waals surface area contributed by atoms with Gasteiger partial charge in [-0.15, -0.1) is 0 Å². The standard InChI is InChI=1S/C8H9ClN2O2/c9-7-3-6(5-1-2-5)10-11(7)4-8(12)13/h3,5H,1-2,4H2,(H,12,13). The second-order valence-electron chi connectivity index (χ2n) is 3.22. The van der Waals surface area contributed by atoms with Gasteiger partial charge in [0.05, 0.1) is 5.69 Å². The molecule has 0 bridgehead atoms. The summed E-state index contributed by atoms with van der Waals surface area (Å²) >= 11 is 5.80. The summed E-state index contributed by atoms with van der Waals surface area (Å²) in [6.07, 6.45) is 2.28. The maximum Gasteiger partial charge on any atom is 0.325 e. The molecule has 1 aromatic rings. The summed E-state index contributed by atoms with van der Waals surface area (Å²) in [6.45, 7) is -0.161. The number of rotatable bonds is 3. The van der Waals surface area contributed by atoms with Crippen molar-refractivity contribution in [2.24, 2.45) is 0 Å². The molecule has 1 saturated carbocycles. The average Bonchev–Trinajstić information content (AvgIpc) is 2.79. The van der Waals surface area contributed by atoms with Crippen LogP contribution in [0.5, 0.6) is 0 Å². The Balaban J connectivity index is 2.19. The van der Waals surface area contributed by atoms with Crippen LogP contribution in [0.25, 0.3) is 0 Å². The van der Waals surface area contributed by atoms with E-state index in [9.17, 15) is 4.79 Å². The van der Waals surface area contributed by atoms with E-state index in [4.69, 9.17) is 16.7 Å². The Bertz CT molecular complexity index is 344. The quantitative estimate of drug-likeness (QED) is 0.805. The van der Waals surface area contributed by atoms with Gasteiger partial charge in [-0.2, -0.15) is 5.10 Å². The lowest BCUT2D eigenvalue weighted by Crippen LogP contribution is -2.10. The number of aliphatic carboxylic acids is 1. The fourth-order valence-corrected chi connectivity index (χ4v) is 1.44. The van der Waals surface area contributed by atoms with Crippen LogP contribution in [0.15, 0.2) is 6.07 Å². The van der Waals surface area contributed by atoms with Crippen LogP contribution in [0.1, 0.15) is 24.5 Å². The maximum atomic E-state index is 10.4. The Morgan fingerprint density at radius 1 is 1.77 bits per heavy atom. The lowest BCUT2D eigenvalue weighted by Gasteiger charge is -1.96. The van der Waals surface area contributed by atoms with Gasteiger partial charge < -0.3 is 5.11 Å². The van der Waals surface area contributed by atoms with Gasteiger partial charge in [-0.3, -0.25) is 4.79 Å². The van der Waals surface area contributed by atoms with Gasteiger partial charge in [0.25, 0.3) is 0 Å². The lowest BCUT2D eigenvalue weighted by atomic mass is 10.3. The van der Waals surface area contributed by atoms with Crippen LogP contribution in [0.3, 0.4) is 0 Å². The van der Waals surface area contributed by atoms with E-state index in [2.05, 4.69) is 5.10 Å². The summed E-state index contributed by atoms with van der Waals surface area (Å²) in [5.41, 5.74) is 0.922. The molecule has 2 rings (SSSR count). The van der Waals surface area contributed by atoms with Gasteiger partial charge in [0, 0.05) is 5.92 Å². The first-order chi connectivity index (χ1) is 6.16.